The molecule has 0 aromatic rings. The lowest BCUT2D eigenvalue weighted by Gasteiger charge is -2.25. The Morgan fingerprint density at radius 1 is 1.20 bits per heavy atom. The molecule has 3 unspecified atom stereocenters. The Bertz CT molecular complexity index is 565. The van der Waals surface area contributed by atoms with Gasteiger partial charge in [0.15, 0.2) is 0 Å². The number of aliphatic carboxylic acids is 2. The molecule has 1 aliphatic heterocycles. The SMILES string of the molecule is CC(NC(=O)C1CCCN1C(=O)CN)C(=O)NC(CC(=O)O)C(=O)O. The van der Waals surface area contributed by atoms with Crippen LogP contribution in [0.25, 0.3) is 0 Å². The van der Waals surface area contributed by atoms with Crippen molar-refractivity contribution in [2.45, 2.75) is 44.3 Å². The first-order valence-electron chi connectivity index (χ1n) is 7.72. The average Bonchev–Trinajstić information content (AvgIpc) is 3.02. The van der Waals surface area contributed by atoms with Gasteiger partial charge in [-0.3, -0.25) is 19.2 Å². The Morgan fingerprint density at radius 2 is 1.84 bits per heavy atom. The van der Waals surface area contributed by atoms with E-state index >= 15 is 0 Å². The van der Waals surface area contributed by atoms with E-state index in [2.05, 4.69) is 10.6 Å². The molecule has 1 fully saturated rings. The maximum Gasteiger partial charge on any atom is 0.326 e. The monoisotopic (exact) mass is 358 g/mol. The fourth-order valence-electron chi connectivity index (χ4n) is 2.50. The quantitative estimate of drug-likeness (QED) is 0.315. The van der Waals surface area contributed by atoms with E-state index in [9.17, 15) is 24.0 Å². The minimum atomic E-state index is -1.61. The lowest BCUT2D eigenvalue weighted by atomic mass is 10.1. The molecule has 1 heterocycles. The van der Waals surface area contributed by atoms with E-state index in [4.69, 9.17) is 15.9 Å². The molecule has 25 heavy (non-hydrogen) atoms. The fraction of sp³-hybridized carbons (Fsp3) is 0.643. The number of amides is 3. The van der Waals surface area contributed by atoms with Gasteiger partial charge in [0.1, 0.15) is 18.1 Å². The third kappa shape index (κ3) is 5.71. The molecule has 0 aromatic carbocycles. The van der Waals surface area contributed by atoms with Crippen LogP contribution in [0, 0.1) is 0 Å². The number of nitrogens with one attached hydrogen (secondary N) is 2. The van der Waals surface area contributed by atoms with Gasteiger partial charge >= 0.3 is 11.9 Å². The number of carbonyl (C=O) groups is 5. The third-order valence-electron chi connectivity index (χ3n) is 3.80. The van der Waals surface area contributed by atoms with Crippen molar-refractivity contribution in [1.29, 1.82) is 0 Å². The van der Waals surface area contributed by atoms with Crippen LogP contribution >= 0.6 is 0 Å². The van der Waals surface area contributed by atoms with Gasteiger partial charge in [-0.2, -0.15) is 0 Å². The molecule has 11 heteroatoms. The van der Waals surface area contributed by atoms with Crippen LogP contribution in [0.4, 0.5) is 0 Å². The van der Waals surface area contributed by atoms with Gasteiger partial charge in [0.2, 0.25) is 17.7 Å². The van der Waals surface area contributed by atoms with Crippen molar-refractivity contribution in [3.63, 3.8) is 0 Å². The molecule has 1 rings (SSSR count). The average molecular weight is 358 g/mol. The van der Waals surface area contributed by atoms with E-state index in [-0.39, 0.29) is 12.5 Å². The smallest absolute Gasteiger partial charge is 0.326 e. The second kappa shape index (κ2) is 8.97. The Kier molecular flexibility index (Phi) is 7.30. The number of nitrogens with zero attached hydrogens (tertiary/aromatic N) is 1. The van der Waals surface area contributed by atoms with Crippen LogP contribution in [0.2, 0.25) is 0 Å². The zero-order chi connectivity index (χ0) is 19.1. The molecule has 1 saturated heterocycles. The van der Waals surface area contributed by atoms with Crippen LogP contribution in [0.1, 0.15) is 26.2 Å². The molecule has 3 atom stereocenters. The molecule has 0 radical (unpaired) electrons. The summed E-state index contributed by atoms with van der Waals surface area (Å²) in [6.45, 7) is 1.50. The van der Waals surface area contributed by atoms with Gasteiger partial charge in [-0.25, -0.2) is 4.79 Å². The zero-order valence-corrected chi connectivity index (χ0v) is 13.7. The summed E-state index contributed by atoms with van der Waals surface area (Å²) in [5.74, 6) is -4.64. The van der Waals surface area contributed by atoms with Crippen LogP contribution in [0.5, 0.6) is 0 Å². The van der Waals surface area contributed by atoms with Gasteiger partial charge in [-0.15, -0.1) is 0 Å². The number of carboxylic acids is 2. The molecule has 3 amide bonds. The molecular weight excluding hydrogens is 336 g/mol. The lowest BCUT2D eigenvalue weighted by Crippen LogP contribution is -2.55. The first kappa shape index (κ1) is 20.4. The van der Waals surface area contributed by atoms with E-state index in [1.807, 2.05) is 0 Å². The number of hydrogen-bond donors (Lipinski definition) is 5. The van der Waals surface area contributed by atoms with Gasteiger partial charge in [-0.1, -0.05) is 0 Å². The van der Waals surface area contributed by atoms with Crippen LogP contribution in [-0.4, -0.2) is 76.0 Å². The standard InChI is InChI=1S/C14H22N4O7/c1-7(12(22)17-8(14(24)25)5-11(20)21)16-13(23)9-3-2-4-18(9)10(19)6-15/h7-9H,2-6,15H2,1H3,(H,16,23)(H,17,22)(H,20,21)(H,24,25). The van der Waals surface area contributed by atoms with E-state index in [0.29, 0.717) is 19.4 Å². The highest BCUT2D eigenvalue weighted by Gasteiger charge is 2.35. The number of carbonyl (C=O) groups excluding carboxylic acids is 3. The van der Waals surface area contributed by atoms with E-state index in [1.165, 1.54) is 11.8 Å². The number of hydrogen-bond acceptors (Lipinski definition) is 6. The number of likely N-dealkylation sites (tertiary alicyclic amines) is 1. The summed E-state index contributed by atoms with van der Waals surface area (Å²) in [6, 6.07) is -3.44. The van der Waals surface area contributed by atoms with E-state index in [1.54, 1.807) is 0 Å². The predicted octanol–water partition coefficient (Wildman–Crippen LogP) is -2.52. The van der Waals surface area contributed by atoms with Gasteiger partial charge in [0, 0.05) is 6.54 Å². The third-order valence-corrected chi connectivity index (χ3v) is 3.80. The van der Waals surface area contributed by atoms with Gasteiger partial charge < -0.3 is 31.5 Å². The summed E-state index contributed by atoms with van der Waals surface area (Å²) in [7, 11) is 0. The maximum atomic E-state index is 12.3. The van der Waals surface area contributed by atoms with Crippen LogP contribution in [0.15, 0.2) is 0 Å². The first-order valence-corrected chi connectivity index (χ1v) is 7.72. The molecule has 6 N–H and O–H groups in total. The summed E-state index contributed by atoms with van der Waals surface area (Å²) in [6.07, 6.45) is 0.274. The van der Waals surface area contributed by atoms with Crippen molar-refractivity contribution in [1.82, 2.24) is 15.5 Å². The Balaban J connectivity index is 2.64. The van der Waals surface area contributed by atoms with E-state index < -0.39 is 48.3 Å². The highest BCUT2D eigenvalue weighted by Crippen LogP contribution is 2.17. The van der Waals surface area contributed by atoms with Crippen molar-refractivity contribution < 1.29 is 34.2 Å². The molecule has 0 bridgehead atoms. The van der Waals surface area contributed by atoms with Crippen LogP contribution in [-0.2, 0) is 24.0 Å². The fourth-order valence-corrected chi connectivity index (χ4v) is 2.50. The lowest BCUT2D eigenvalue weighted by molar-refractivity contribution is -0.147. The van der Waals surface area contributed by atoms with E-state index in [0.717, 1.165) is 0 Å². The molecule has 140 valence electrons. The van der Waals surface area contributed by atoms with Gasteiger partial charge in [0.25, 0.3) is 0 Å². The topological polar surface area (TPSA) is 179 Å². The predicted molar refractivity (Wildman–Crippen MR) is 83.2 cm³/mol. The minimum absolute atomic E-state index is 0.227. The number of carboxylic acid groups (broad SMARTS) is 2. The van der Waals surface area contributed by atoms with Crippen molar-refractivity contribution in [3.8, 4) is 0 Å². The summed E-state index contributed by atoms with van der Waals surface area (Å²) in [4.78, 5) is 58.8. The van der Waals surface area contributed by atoms with Gasteiger partial charge in [0.05, 0.1) is 13.0 Å². The van der Waals surface area contributed by atoms with Gasteiger partial charge in [-0.05, 0) is 19.8 Å². The summed E-state index contributed by atoms with van der Waals surface area (Å²) in [5.41, 5.74) is 5.30. The summed E-state index contributed by atoms with van der Waals surface area (Å²) < 4.78 is 0. The highest BCUT2D eigenvalue weighted by atomic mass is 16.4. The summed E-state index contributed by atoms with van der Waals surface area (Å²) >= 11 is 0. The molecule has 0 aromatic heterocycles. The summed E-state index contributed by atoms with van der Waals surface area (Å²) in [5, 5.41) is 22.0. The Hall–Kier alpha value is -2.69. The largest absolute Gasteiger partial charge is 0.481 e. The van der Waals surface area contributed by atoms with Crippen molar-refractivity contribution in [3.05, 3.63) is 0 Å². The van der Waals surface area contributed by atoms with Crippen molar-refractivity contribution in [2.24, 2.45) is 5.73 Å². The van der Waals surface area contributed by atoms with Crippen LogP contribution < -0.4 is 16.4 Å². The minimum Gasteiger partial charge on any atom is -0.481 e. The molecular formula is C14H22N4O7. The highest BCUT2D eigenvalue weighted by molar-refractivity contribution is 5.94. The second-order valence-electron chi connectivity index (χ2n) is 5.68. The first-order chi connectivity index (χ1) is 11.7. The molecule has 0 aliphatic carbocycles. The Morgan fingerprint density at radius 3 is 2.36 bits per heavy atom. The second-order valence-corrected chi connectivity index (χ2v) is 5.68. The van der Waals surface area contributed by atoms with Crippen molar-refractivity contribution in [2.75, 3.05) is 13.1 Å². The molecule has 0 saturated carbocycles. The van der Waals surface area contributed by atoms with Crippen LogP contribution in [0.3, 0.4) is 0 Å². The maximum absolute atomic E-state index is 12.3. The molecule has 11 nitrogen and oxygen atoms in total. The number of rotatable bonds is 8. The molecule has 1 aliphatic rings. The zero-order valence-electron chi connectivity index (χ0n) is 13.7. The Labute approximate surface area is 143 Å². The molecule has 0 spiro atoms. The normalized spacial score (nSPS) is 19.0. The number of nitrogens with two attached hydrogens (primary N) is 1. The van der Waals surface area contributed by atoms with Crippen molar-refractivity contribution >= 4 is 29.7 Å².